The highest BCUT2D eigenvalue weighted by Gasteiger charge is 2.08. The lowest BCUT2D eigenvalue weighted by Gasteiger charge is -2.19. The van der Waals surface area contributed by atoms with Crippen molar-refractivity contribution < 1.29 is 0 Å². The van der Waals surface area contributed by atoms with Crippen molar-refractivity contribution in [3.63, 3.8) is 0 Å². The van der Waals surface area contributed by atoms with Crippen LogP contribution in [-0.4, -0.2) is 12.0 Å². The molecule has 0 atom stereocenters. The van der Waals surface area contributed by atoms with Crippen LogP contribution in [0.15, 0.2) is 42.6 Å². The lowest BCUT2D eigenvalue weighted by Crippen LogP contribution is -2.18. The van der Waals surface area contributed by atoms with E-state index in [1.807, 2.05) is 30.1 Å². The molecule has 1 aromatic heterocycles. The largest absolute Gasteiger partial charge is 0.397 e. The molecule has 88 valence electrons. The Morgan fingerprint density at radius 3 is 2.65 bits per heavy atom. The molecule has 2 rings (SSSR count). The van der Waals surface area contributed by atoms with Crippen molar-refractivity contribution in [3.8, 4) is 0 Å². The van der Waals surface area contributed by atoms with Gasteiger partial charge in [0, 0.05) is 13.6 Å². The maximum Gasteiger partial charge on any atom is 0.147 e. The third-order valence-electron chi connectivity index (χ3n) is 2.47. The summed E-state index contributed by atoms with van der Waals surface area (Å²) in [5, 5.41) is 0.573. The van der Waals surface area contributed by atoms with Gasteiger partial charge in [0.15, 0.2) is 0 Å². The summed E-state index contributed by atoms with van der Waals surface area (Å²) in [7, 11) is 1.96. The molecule has 0 amide bonds. The zero-order chi connectivity index (χ0) is 12.3. The minimum Gasteiger partial charge on any atom is -0.397 e. The molecule has 0 radical (unpaired) electrons. The van der Waals surface area contributed by atoms with Crippen molar-refractivity contribution in [2.45, 2.75) is 6.54 Å². The molecule has 4 heteroatoms. The number of benzene rings is 1. The molecule has 0 fully saturated rings. The first-order valence-corrected chi connectivity index (χ1v) is 5.70. The van der Waals surface area contributed by atoms with E-state index in [1.165, 1.54) is 5.56 Å². The molecule has 0 aliphatic rings. The predicted octanol–water partition coefficient (Wildman–Crippen LogP) is 2.95. The van der Waals surface area contributed by atoms with E-state index in [9.17, 15) is 0 Å². The molecule has 0 unspecified atom stereocenters. The average Bonchev–Trinajstić information content (AvgIpc) is 2.30. The number of pyridine rings is 1. The number of nitrogens with zero attached hydrogens (tertiary/aromatic N) is 2. The molecule has 0 bridgehead atoms. The van der Waals surface area contributed by atoms with E-state index in [0.29, 0.717) is 10.7 Å². The Morgan fingerprint density at radius 2 is 2.00 bits per heavy atom. The van der Waals surface area contributed by atoms with Crippen LogP contribution in [0.2, 0.25) is 5.02 Å². The molecule has 0 saturated heterocycles. The van der Waals surface area contributed by atoms with Gasteiger partial charge in [-0.15, -0.1) is 0 Å². The van der Waals surface area contributed by atoms with Gasteiger partial charge in [0.25, 0.3) is 0 Å². The summed E-state index contributed by atoms with van der Waals surface area (Å²) in [4.78, 5) is 6.24. The van der Waals surface area contributed by atoms with Gasteiger partial charge in [-0.2, -0.15) is 0 Å². The van der Waals surface area contributed by atoms with E-state index in [2.05, 4.69) is 17.1 Å². The summed E-state index contributed by atoms with van der Waals surface area (Å²) >= 11 is 6.11. The molecule has 0 spiro atoms. The van der Waals surface area contributed by atoms with Crippen molar-refractivity contribution in [1.82, 2.24) is 4.98 Å². The second kappa shape index (κ2) is 5.06. The first-order chi connectivity index (χ1) is 8.16. The van der Waals surface area contributed by atoms with Crippen LogP contribution in [0.1, 0.15) is 5.56 Å². The fourth-order valence-corrected chi connectivity index (χ4v) is 1.98. The Bertz CT molecular complexity index is 499. The lowest BCUT2D eigenvalue weighted by molar-refractivity contribution is 0.899. The van der Waals surface area contributed by atoms with Gasteiger partial charge in [-0.3, -0.25) is 0 Å². The minimum atomic E-state index is 0.573. The van der Waals surface area contributed by atoms with Crippen molar-refractivity contribution >= 4 is 23.1 Å². The first kappa shape index (κ1) is 11.7. The fourth-order valence-electron chi connectivity index (χ4n) is 1.66. The topological polar surface area (TPSA) is 42.2 Å². The van der Waals surface area contributed by atoms with Crippen molar-refractivity contribution in [1.29, 1.82) is 0 Å². The summed E-state index contributed by atoms with van der Waals surface area (Å²) in [6.07, 6.45) is 1.61. The Balaban J connectivity index is 2.17. The zero-order valence-corrected chi connectivity index (χ0v) is 10.4. The number of hydrogen-bond donors (Lipinski definition) is 1. The Hall–Kier alpha value is -1.74. The van der Waals surface area contributed by atoms with E-state index in [0.717, 1.165) is 12.4 Å². The van der Waals surface area contributed by atoms with Crippen LogP contribution < -0.4 is 10.6 Å². The van der Waals surface area contributed by atoms with Gasteiger partial charge < -0.3 is 10.6 Å². The van der Waals surface area contributed by atoms with Gasteiger partial charge >= 0.3 is 0 Å². The van der Waals surface area contributed by atoms with Crippen LogP contribution in [0.5, 0.6) is 0 Å². The van der Waals surface area contributed by atoms with E-state index in [4.69, 9.17) is 17.3 Å². The quantitative estimate of drug-likeness (QED) is 0.907. The second-order valence-corrected chi connectivity index (χ2v) is 4.32. The summed E-state index contributed by atoms with van der Waals surface area (Å²) in [5.74, 6) is 0.740. The standard InChI is InChI=1S/C13H14ClN3/c1-17(9-10-5-3-2-4-6-10)13-12(14)7-11(15)8-16-13/h2-8H,9,15H2,1H3. The maximum atomic E-state index is 6.11. The van der Waals surface area contributed by atoms with Gasteiger partial charge in [0.2, 0.25) is 0 Å². The highest BCUT2D eigenvalue weighted by molar-refractivity contribution is 6.33. The molecule has 17 heavy (non-hydrogen) atoms. The highest BCUT2D eigenvalue weighted by Crippen LogP contribution is 2.24. The minimum absolute atomic E-state index is 0.573. The van der Waals surface area contributed by atoms with Crippen LogP contribution in [0.25, 0.3) is 0 Å². The Labute approximate surface area is 106 Å². The molecular weight excluding hydrogens is 234 g/mol. The van der Waals surface area contributed by atoms with Crippen molar-refractivity contribution in [2.75, 3.05) is 17.7 Å². The number of halogens is 1. The third kappa shape index (κ3) is 2.88. The smallest absolute Gasteiger partial charge is 0.147 e. The Morgan fingerprint density at radius 1 is 1.29 bits per heavy atom. The molecule has 1 heterocycles. The lowest BCUT2D eigenvalue weighted by atomic mass is 10.2. The van der Waals surface area contributed by atoms with E-state index in [1.54, 1.807) is 12.3 Å². The summed E-state index contributed by atoms with van der Waals surface area (Å²) < 4.78 is 0. The monoisotopic (exact) mass is 247 g/mol. The molecule has 0 saturated carbocycles. The van der Waals surface area contributed by atoms with E-state index >= 15 is 0 Å². The van der Waals surface area contributed by atoms with Crippen molar-refractivity contribution in [2.24, 2.45) is 0 Å². The average molecular weight is 248 g/mol. The molecule has 1 aromatic carbocycles. The number of rotatable bonds is 3. The molecular formula is C13H14ClN3. The molecule has 2 aromatic rings. The van der Waals surface area contributed by atoms with E-state index in [-0.39, 0.29) is 0 Å². The van der Waals surface area contributed by atoms with Crippen LogP contribution in [0, 0.1) is 0 Å². The SMILES string of the molecule is CN(Cc1ccccc1)c1ncc(N)cc1Cl. The normalized spacial score (nSPS) is 10.2. The first-order valence-electron chi connectivity index (χ1n) is 5.33. The summed E-state index contributed by atoms with van der Waals surface area (Å²) in [6, 6.07) is 11.9. The predicted molar refractivity (Wildman–Crippen MR) is 72.2 cm³/mol. The van der Waals surface area contributed by atoms with Crippen LogP contribution >= 0.6 is 11.6 Å². The number of anilines is 2. The number of nitrogen functional groups attached to an aromatic ring is 1. The van der Waals surface area contributed by atoms with Crippen LogP contribution in [0.4, 0.5) is 11.5 Å². The van der Waals surface area contributed by atoms with Gasteiger partial charge in [-0.05, 0) is 11.6 Å². The van der Waals surface area contributed by atoms with Gasteiger partial charge in [-0.25, -0.2) is 4.98 Å². The molecule has 2 N–H and O–H groups in total. The Kier molecular flexibility index (Phi) is 3.49. The number of aromatic nitrogens is 1. The summed E-state index contributed by atoms with van der Waals surface area (Å²) in [6.45, 7) is 0.761. The third-order valence-corrected chi connectivity index (χ3v) is 2.75. The van der Waals surface area contributed by atoms with Crippen molar-refractivity contribution in [3.05, 3.63) is 53.2 Å². The maximum absolute atomic E-state index is 6.11. The van der Waals surface area contributed by atoms with Gasteiger partial charge in [0.05, 0.1) is 16.9 Å². The molecule has 0 aliphatic carbocycles. The molecule has 0 aliphatic heterocycles. The number of hydrogen-bond acceptors (Lipinski definition) is 3. The van der Waals surface area contributed by atoms with Gasteiger partial charge in [0.1, 0.15) is 5.82 Å². The highest BCUT2D eigenvalue weighted by atomic mass is 35.5. The fraction of sp³-hybridized carbons (Fsp3) is 0.154. The molecule has 3 nitrogen and oxygen atoms in total. The van der Waals surface area contributed by atoms with Crippen LogP contribution in [-0.2, 0) is 6.54 Å². The summed E-state index contributed by atoms with van der Waals surface area (Å²) in [5.41, 5.74) is 7.40. The van der Waals surface area contributed by atoms with Crippen LogP contribution in [0.3, 0.4) is 0 Å². The van der Waals surface area contributed by atoms with E-state index < -0.39 is 0 Å². The zero-order valence-electron chi connectivity index (χ0n) is 9.60. The second-order valence-electron chi connectivity index (χ2n) is 3.92. The number of nitrogens with two attached hydrogens (primary N) is 1. The van der Waals surface area contributed by atoms with Gasteiger partial charge in [-0.1, -0.05) is 41.9 Å².